The average molecular weight is 339 g/mol. The summed E-state index contributed by atoms with van der Waals surface area (Å²) in [7, 11) is 0. The maximum atomic E-state index is 12.3. The number of nitrogens with one attached hydrogen (secondary N) is 1. The Bertz CT molecular complexity index is 824. The van der Waals surface area contributed by atoms with E-state index in [9.17, 15) is 4.79 Å². The minimum atomic E-state index is -0.101. The molecule has 0 amide bonds. The summed E-state index contributed by atoms with van der Waals surface area (Å²) in [6.45, 7) is 0. The van der Waals surface area contributed by atoms with Crippen LogP contribution in [0.25, 0.3) is 21.3 Å². The zero-order chi connectivity index (χ0) is 14.8. The molecule has 21 heavy (non-hydrogen) atoms. The first-order valence-electron chi connectivity index (χ1n) is 6.51. The first-order chi connectivity index (χ1) is 10.2. The predicted octanol–water partition coefficient (Wildman–Crippen LogP) is 4.48. The van der Waals surface area contributed by atoms with Crippen molar-refractivity contribution in [2.24, 2.45) is 0 Å². The zero-order valence-corrected chi connectivity index (χ0v) is 13.4. The van der Waals surface area contributed by atoms with Crippen molar-refractivity contribution in [3.63, 3.8) is 0 Å². The molecule has 0 saturated carbocycles. The fourth-order valence-electron chi connectivity index (χ4n) is 2.19. The molecule has 2 aromatic heterocycles. The smallest absolute Gasteiger partial charge is 0.260 e. The number of aromatic nitrogens is 2. The molecule has 0 unspecified atom stereocenters. The summed E-state index contributed by atoms with van der Waals surface area (Å²) in [5.41, 5.74) is 1.76. The molecule has 2 heterocycles. The van der Waals surface area contributed by atoms with E-state index < -0.39 is 0 Å². The number of alkyl halides is 1. The van der Waals surface area contributed by atoms with E-state index in [1.54, 1.807) is 0 Å². The van der Waals surface area contributed by atoms with Gasteiger partial charge in [0.25, 0.3) is 5.56 Å². The summed E-state index contributed by atoms with van der Waals surface area (Å²) in [4.78, 5) is 20.5. The number of nitrogens with zero attached hydrogens (tertiary/aromatic N) is 1. The number of halogens is 2. The molecule has 0 spiro atoms. The molecule has 6 heteroatoms. The highest BCUT2D eigenvalue weighted by molar-refractivity contribution is 7.17. The van der Waals surface area contributed by atoms with E-state index in [0.717, 1.165) is 22.4 Å². The second-order valence-corrected chi connectivity index (χ2v) is 6.31. The molecule has 1 aromatic carbocycles. The van der Waals surface area contributed by atoms with Gasteiger partial charge >= 0.3 is 0 Å². The van der Waals surface area contributed by atoms with Crippen molar-refractivity contribution >= 4 is 44.8 Å². The molecule has 0 bridgehead atoms. The van der Waals surface area contributed by atoms with Crippen LogP contribution in [0.2, 0.25) is 5.02 Å². The Kier molecular flexibility index (Phi) is 4.29. The van der Waals surface area contributed by atoms with Crippen LogP contribution in [0.4, 0.5) is 0 Å². The van der Waals surface area contributed by atoms with Gasteiger partial charge in [0, 0.05) is 28.3 Å². The van der Waals surface area contributed by atoms with Gasteiger partial charge in [-0.15, -0.1) is 22.9 Å². The summed E-state index contributed by atoms with van der Waals surface area (Å²) in [5.74, 6) is 1.25. The van der Waals surface area contributed by atoms with Crippen LogP contribution in [0, 0.1) is 0 Å². The molecule has 3 nitrogen and oxygen atoms in total. The third kappa shape index (κ3) is 2.98. The summed E-state index contributed by atoms with van der Waals surface area (Å²) >= 11 is 13.1. The number of aromatic amines is 1. The predicted molar refractivity (Wildman–Crippen MR) is 89.7 cm³/mol. The van der Waals surface area contributed by atoms with Crippen molar-refractivity contribution in [2.75, 3.05) is 5.88 Å². The van der Waals surface area contributed by atoms with Crippen LogP contribution in [-0.2, 0) is 6.42 Å². The van der Waals surface area contributed by atoms with Crippen molar-refractivity contribution in [3.05, 3.63) is 50.8 Å². The highest BCUT2D eigenvalue weighted by Crippen LogP contribution is 2.31. The van der Waals surface area contributed by atoms with E-state index in [2.05, 4.69) is 9.97 Å². The van der Waals surface area contributed by atoms with Crippen molar-refractivity contribution in [3.8, 4) is 11.1 Å². The fraction of sp³-hybridized carbons (Fsp3) is 0.200. The quantitative estimate of drug-likeness (QED) is 0.713. The Morgan fingerprint density at radius 3 is 2.71 bits per heavy atom. The minimum Gasteiger partial charge on any atom is -0.310 e. The second kappa shape index (κ2) is 6.18. The Morgan fingerprint density at radius 2 is 2.00 bits per heavy atom. The van der Waals surface area contributed by atoms with Crippen LogP contribution in [0.5, 0.6) is 0 Å². The summed E-state index contributed by atoms with van der Waals surface area (Å²) in [5, 5.41) is 3.27. The molecule has 0 aliphatic rings. The Hall–Kier alpha value is -1.36. The van der Waals surface area contributed by atoms with Crippen molar-refractivity contribution in [1.29, 1.82) is 0 Å². The molecule has 1 N–H and O–H groups in total. The van der Waals surface area contributed by atoms with Gasteiger partial charge in [0.15, 0.2) is 0 Å². The Labute approximate surface area is 135 Å². The zero-order valence-electron chi connectivity index (χ0n) is 11.0. The number of rotatable bonds is 4. The lowest BCUT2D eigenvalue weighted by Crippen LogP contribution is -2.11. The van der Waals surface area contributed by atoms with Gasteiger partial charge in [0.2, 0.25) is 0 Å². The maximum absolute atomic E-state index is 12.3. The number of benzene rings is 1. The van der Waals surface area contributed by atoms with E-state index >= 15 is 0 Å². The lowest BCUT2D eigenvalue weighted by atomic mass is 10.1. The van der Waals surface area contributed by atoms with Crippen LogP contribution in [0.15, 0.2) is 34.4 Å². The number of H-pyrrole nitrogens is 1. The lowest BCUT2D eigenvalue weighted by Gasteiger charge is -2.01. The molecule has 0 aliphatic carbocycles. The van der Waals surface area contributed by atoms with Crippen LogP contribution in [-0.4, -0.2) is 15.8 Å². The van der Waals surface area contributed by atoms with Gasteiger partial charge in [0.1, 0.15) is 10.7 Å². The van der Waals surface area contributed by atoms with Gasteiger partial charge in [-0.25, -0.2) is 4.98 Å². The third-order valence-electron chi connectivity index (χ3n) is 3.20. The number of aryl methyl sites for hydroxylation is 1. The van der Waals surface area contributed by atoms with E-state index in [1.807, 2.05) is 29.6 Å². The minimum absolute atomic E-state index is 0.101. The van der Waals surface area contributed by atoms with Gasteiger partial charge in [-0.3, -0.25) is 4.79 Å². The van der Waals surface area contributed by atoms with Crippen LogP contribution < -0.4 is 5.56 Å². The standard InChI is InChI=1S/C15H12Cl2N2OS/c16-7-1-2-12-18-14(20)13-11(8-21-15(13)19-12)9-3-5-10(17)6-4-9/h3-6,8H,1-2,7H2,(H,18,19,20). The van der Waals surface area contributed by atoms with Crippen molar-refractivity contribution < 1.29 is 0 Å². The highest BCUT2D eigenvalue weighted by Gasteiger charge is 2.12. The van der Waals surface area contributed by atoms with Gasteiger partial charge in [-0.1, -0.05) is 23.7 Å². The SMILES string of the molecule is O=c1[nH]c(CCCCl)nc2scc(-c3ccc(Cl)cc3)c12. The highest BCUT2D eigenvalue weighted by atomic mass is 35.5. The second-order valence-electron chi connectivity index (χ2n) is 4.64. The van der Waals surface area contributed by atoms with Gasteiger partial charge in [0.05, 0.1) is 5.39 Å². The Balaban J connectivity index is 2.10. The van der Waals surface area contributed by atoms with Gasteiger partial charge in [-0.05, 0) is 24.1 Å². The van der Waals surface area contributed by atoms with Crippen LogP contribution in [0.1, 0.15) is 12.2 Å². The molecule has 0 atom stereocenters. The third-order valence-corrected chi connectivity index (χ3v) is 4.59. The molecule has 0 radical (unpaired) electrons. The van der Waals surface area contributed by atoms with Gasteiger partial charge < -0.3 is 4.98 Å². The van der Waals surface area contributed by atoms with E-state index in [4.69, 9.17) is 23.2 Å². The number of hydrogen-bond donors (Lipinski definition) is 1. The molecular formula is C15H12Cl2N2OS. The van der Waals surface area contributed by atoms with E-state index in [0.29, 0.717) is 28.5 Å². The molecule has 108 valence electrons. The maximum Gasteiger partial charge on any atom is 0.260 e. The number of fused-ring (bicyclic) bond motifs is 1. The lowest BCUT2D eigenvalue weighted by molar-refractivity contribution is 0.843. The molecule has 3 rings (SSSR count). The monoisotopic (exact) mass is 338 g/mol. The first kappa shape index (κ1) is 14.6. The fourth-order valence-corrected chi connectivity index (χ4v) is 3.41. The van der Waals surface area contributed by atoms with Gasteiger partial charge in [-0.2, -0.15) is 0 Å². The van der Waals surface area contributed by atoms with Crippen LogP contribution >= 0.6 is 34.5 Å². The molecule has 3 aromatic rings. The van der Waals surface area contributed by atoms with Crippen molar-refractivity contribution in [1.82, 2.24) is 9.97 Å². The molecule has 0 saturated heterocycles. The topological polar surface area (TPSA) is 45.8 Å². The first-order valence-corrected chi connectivity index (χ1v) is 8.30. The molecule has 0 aliphatic heterocycles. The summed E-state index contributed by atoms with van der Waals surface area (Å²) in [6, 6.07) is 7.45. The summed E-state index contributed by atoms with van der Waals surface area (Å²) < 4.78 is 0. The van der Waals surface area contributed by atoms with Crippen molar-refractivity contribution in [2.45, 2.75) is 12.8 Å². The molecule has 0 fully saturated rings. The van der Waals surface area contributed by atoms with Crippen LogP contribution in [0.3, 0.4) is 0 Å². The number of thiophene rings is 1. The average Bonchev–Trinajstić information content (AvgIpc) is 2.90. The van der Waals surface area contributed by atoms with E-state index in [1.165, 1.54) is 11.3 Å². The largest absolute Gasteiger partial charge is 0.310 e. The number of hydrogen-bond acceptors (Lipinski definition) is 3. The normalized spacial score (nSPS) is 11.1. The van der Waals surface area contributed by atoms with E-state index in [-0.39, 0.29) is 5.56 Å². The molecular weight excluding hydrogens is 327 g/mol. The summed E-state index contributed by atoms with van der Waals surface area (Å²) in [6.07, 6.45) is 1.48. The Morgan fingerprint density at radius 1 is 1.24 bits per heavy atom.